The molecule has 0 aliphatic rings. The lowest BCUT2D eigenvalue weighted by Gasteiger charge is -2.17. The van der Waals surface area contributed by atoms with Crippen molar-refractivity contribution >= 4 is 16.9 Å². The number of nitrogens with zero attached hydrogens (tertiary/aromatic N) is 2. The van der Waals surface area contributed by atoms with Gasteiger partial charge in [0.05, 0.1) is 11.0 Å². The molecular formula is C21H25N3O. The van der Waals surface area contributed by atoms with E-state index in [1.807, 2.05) is 43.3 Å². The van der Waals surface area contributed by atoms with Gasteiger partial charge < -0.3 is 5.32 Å². The molecule has 1 amide bonds. The van der Waals surface area contributed by atoms with Crippen molar-refractivity contribution in [3.63, 3.8) is 0 Å². The molecule has 4 heteroatoms. The topological polar surface area (TPSA) is 46.9 Å². The molecule has 1 aromatic heterocycles. The van der Waals surface area contributed by atoms with Crippen LogP contribution in [0.15, 0.2) is 54.6 Å². The maximum atomic E-state index is 12.2. The maximum absolute atomic E-state index is 12.2. The average Bonchev–Trinajstić information content (AvgIpc) is 2.99. The Labute approximate surface area is 148 Å². The van der Waals surface area contributed by atoms with Crippen LogP contribution >= 0.6 is 0 Å². The predicted molar refractivity (Wildman–Crippen MR) is 102 cm³/mol. The number of imidazole rings is 1. The number of aromatic nitrogens is 2. The largest absolute Gasteiger partial charge is 0.353 e. The van der Waals surface area contributed by atoms with Crippen LogP contribution in [0.3, 0.4) is 0 Å². The Morgan fingerprint density at radius 3 is 2.44 bits per heavy atom. The summed E-state index contributed by atoms with van der Waals surface area (Å²) < 4.78 is 2.15. The molecule has 25 heavy (non-hydrogen) atoms. The first-order valence-corrected chi connectivity index (χ1v) is 8.87. The summed E-state index contributed by atoms with van der Waals surface area (Å²) in [6.45, 7) is 6.27. The molecule has 0 bridgehead atoms. The molecule has 1 heterocycles. The van der Waals surface area contributed by atoms with Gasteiger partial charge in [-0.05, 0) is 37.1 Å². The van der Waals surface area contributed by atoms with E-state index in [-0.39, 0.29) is 11.9 Å². The number of rotatable bonds is 6. The highest BCUT2D eigenvalue weighted by molar-refractivity contribution is 5.79. The number of amides is 1. The zero-order chi connectivity index (χ0) is 17.8. The summed E-state index contributed by atoms with van der Waals surface area (Å²) in [7, 11) is 0. The number of para-hydroxylation sites is 3. The van der Waals surface area contributed by atoms with E-state index in [2.05, 4.69) is 41.9 Å². The molecule has 1 N–H and O–H groups in total. The van der Waals surface area contributed by atoms with Gasteiger partial charge in [-0.3, -0.25) is 9.36 Å². The Hall–Kier alpha value is -2.62. The van der Waals surface area contributed by atoms with E-state index in [1.54, 1.807) is 0 Å². The summed E-state index contributed by atoms with van der Waals surface area (Å²) in [5, 5.41) is 3.07. The Balaban J connectivity index is 1.85. The molecule has 1 atom stereocenters. The van der Waals surface area contributed by atoms with Crippen molar-refractivity contribution in [1.82, 2.24) is 14.9 Å². The molecular weight excluding hydrogens is 310 g/mol. The van der Waals surface area contributed by atoms with Crippen LogP contribution in [0.2, 0.25) is 0 Å². The number of aryl methyl sites for hydroxylation is 1. The molecule has 3 rings (SSSR count). The van der Waals surface area contributed by atoms with Gasteiger partial charge in [-0.2, -0.15) is 0 Å². The number of hydrogen-bond donors (Lipinski definition) is 1. The second-order valence-electron chi connectivity index (χ2n) is 6.79. The summed E-state index contributed by atoms with van der Waals surface area (Å²) in [5.74, 6) is 1.42. The van der Waals surface area contributed by atoms with Gasteiger partial charge in [-0.15, -0.1) is 0 Å². The normalized spacial score (nSPS) is 12.5. The van der Waals surface area contributed by atoms with E-state index in [4.69, 9.17) is 4.98 Å². The first-order chi connectivity index (χ1) is 12.1. The summed E-state index contributed by atoms with van der Waals surface area (Å²) in [6, 6.07) is 18.4. The third-order valence-corrected chi connectivity index (χ3v) is 4.61. The van der Waals surface area contributed by atoms with Crippen molar-refractivity contribution in [1.29, 1.82) is 0 Å². The number of benzene rings is 2. The molecule has 3 aromatic rings. The molecule has 2 aromatic carbocycles. The van der Waals surface area contributed by atoms with E-state index in [0.29, 0.717) is 18.8 Å². The minimum absolute atomic E-state index is 0.0767. The molecule has 0 aliphatic carbocycles. The first kappa shape index (κ1) is 17.2. The zero-order valence-corrected chi connectivity index (χ0v) is 15.1. The predicted octanol–water partition coefficient (Wildman–Crippen LogP) is 4.12. The van der Waals surface area contributed by atoms with Crippen LogP contribution in [0.5, 0.6) is 0 Å². The van der Waals surface area contributed by atoms with Crippen LogP contribution < -0.4 is 5.32 Å². The molecule has 0 saturated heterocycles. The number of carbonyl (C=O) groups excluding carboxylic acids is 1. The van der Waals surface area contributed by atoms with Crippen LogP contribution in [-0.4, -0.2) is 21.5 Å². The van der Waals surface area contributed by atoms with E-state index >= 15 is 0 Å². The van der Waals surface area contributed by atoms with Gasteiger partial charge in [-0.25, -0.2) is 4.98 Å². The molecule has 1 unspecified atom stereocenters. The SMILES string of the molecule is CC(C)C(C)NC(=O)CCc1nc2ccccc2n1-c1ccccc1. The van der Waals surface area contributed by atoms with Crippen molar-refractivity contribution in [3.8, 4) is 5.69 Å². The van der Waals surface area contributed by atoms with Gasteiger partial charge in [0.2, 0.25) is 5.91 Å². The molecule has 0 spiro atoms. The van der Waals surface area contributed by atoms with Crippen molar-refractivity contribution in [3.05, 3.63) is 60.4 Å². The summed E-state index contributed by atoms with van der Waals surface area (Å²) >= 11 is 0. The summed E-state index contributed by atoms with van der Waals surface area (Å²) in [5.41, 5.74) is 3.10. The van der Waals surface area contributed by atoms with E-state index in [1.165, 1.54) is 0 Å². The Kier molecular flexibility index (Phi) is 5.17. The number of hydrogen-bond acceptors (Lipinski definition) is 2. The minimum Gasteiger partial charge on any atom is -0.353 e. The molecule has 0 aliphatic heterocycles. The summed E-state index contributed by atoms with van der Waals surface area (Å²) in [6.07, 6.45) is 1.05. The highest BCUT2D eigenvalue weighted by atomic mass is 16.1. The number of nitrogens with one attached hydrogen (secondary N) is 1. The lowest BCUT2D eigenvalue weighted by atomic mass is 10.1. The first-order valence-electron chi connectivity index (χ1n) is 8.87. The smallest absolute Gasteiger partial charge is 0.220 e. The van der Waals surface area contributed by atoms with E-state index in [0.717, 1.165) is 22.5 Å². The van der Waals surface area contributed by atoms with Crippen molar-refractivity contribution < 1.29 is 4.79 Å². The third-order valence-electron chi connectivity index (χ3n) is 4.61. The van der Waals surface area contributed by atoms with Crippen molar-refractivity contribution in [2.75, 3.05) is 0 Å². The highest BCUT2D eigenvalue weighted by Crippen LogP contribution is 2.22. The van der Waals surface area contributed by atoms with Crippen molar-refractivity contribution in [2.45, 2.75) is 39.7 Å². The van der Waals surface area contributed by atoms with Gasteiger partial charge in [0.15, 0.2) is 0 Å². The number of fused-ring (bicyclic) bond motifs is 1. The Bertz CT molecular complexity index is 852. The fourth-order valence-electron chi connectivity index (χ4n) is 2.83. The lowest BCUT2D eigenvalue weighted by Crippen LogP contribution is -2.36. The molecule has 0 fully saturated rings. The van der Waals surface area contributed by atoms with Crippen molar-refractivity contribution in [2.24, 2.45) is 5.92 Å². The fourth-order valence-corrected chi connectivity index (χ4v) is 2.83. The van der Waals surface area contributed by atoms with Gasteiger partial charge in [0.1, 0.15) is 5.82 Å². The van der Waals surface area contributed by atoms with Crippen LogP contribution in [0.1, 0.15) is 33.0 Å². The highest BCUT2D eigenvalue weighted by Gasteiger charge is 2.15. The quantitative estimate of drug-likeness (QED) is 0.736. The van der Waals surface area contributed by atoms with Crippen LogP contribution in [0.25, 0.3) is 16.7 Å². The molecule has 4 nitrogen and oxygen atoms in total. The number of carbonyl (C=O) groups is 1. The zero-order valence-electron chi connectivity index (χ0n) is 15.1. The van der Waals surface area contributed by atoms with Gasteiger partial charge in [0, 0.05) is 24.6 Å². The van der Waals surface area contributed by atoms with Gasteiger partial charge >= 0.3 is 0 Å². The third kappa shape index (κ3) is 3.90. The van der Waals surface area contributed by atoms with Crippen LogP contribution in [0, 0.1) is 5.92 Å². The van der Waals surface area contributed by atoms with E-state index < -0.39 is 0 Å². The maximum Gasteiger partial charge on any atom is 0.220 e. The van der Waals surface area contributed by atoms with Gasteiger partial charge in [0.25, 0.3) is 0 Å². The lowest BCUT2D eigenvalue weighted by molar-refractivity contribution is -0.121. The second-order valence-corrected chi connectivity index (χ2v) is 6.79. The minimum atomic E-state index is 0.0767. The molecule has 0 radical (unpaired) electrons. The second kappa shape index (κ2) is 7.51. The standard InChI is InChI=1S/C21H25N3O/c1-15(2)16(3)22-21(25)14-13-20-23-18-11-7-8-12-19(18)24(20)17-9-5-4-6-10-17/h4-12,15-16H,13-14H2,1-3H3,(H,22,25). The van der Waals surface area contributed by atoms with E-state index in [9.17, 15) is 4.79 Å². The monoisotopic (exact) mass is 335 g/mol. The summed E-state index contributed by atoms with van der Waals surface area (Å²) in [4.78, 5) is 17.0. The molecule has 0 saturated carbocycles. The Morgan fingerprint density at radius 1 is 1.04 bits per heavy atom. The van der Waals surface area contributed by atoms with Gasteiger partial charge in [-0.1, -0.05) is 44.2 Å². The average molecular weight is 335 g/mol. The molecule has 130 valence electrons. The van der Waals surface area contributed by atoms with Crippen LogP contribution in [0.4, 0.5) is 0 Å². The Morgan fingerprint density at radius 2 is 1.72 bits per heavy atom. The fraction of sp³-hybridized carbons (Fsp3) is 0.333. The van der Waals surface area contributed by atoms with Crippen LogP contribution in [-0.2, 0) is 11.2 Å².